The Hall–Kier alpha value is -3.47. The fourth-order valence-corrected chi connectivity index (χ4v) is 8.20. The Morgan fingerprint density at radius 1 is 1.05 bits per heavy atom. The van der Waals surface area contributed by atoms with E-state index in [4.69, 9.17) is 0 Å². The minimum Gasteiger partial charge on any atom is -0.481 e. The second-order valence-corrected chi connectivity index (χ2v) is 12.8. The number of hydrogen-bond donors (Lipinski definition) is 1. The molecule has 4 aliphatic rings. The van der Waals surface area contributed by atoms with Gasteiger partial charge in [-0.3, -0.25) is 4.79 Å². The average Bonchev–Trinajstić information content (AvgIpc) is 3.30. The molecule has 2 aromatic heterocycles. The first-order valence-corrected chi connectivity index (χ1v) is 14.6. The molecule has 3 atom stereocenters. The Morgan fingerprint density at radius 2 is 1.74 bits per heavy atom. The number of aromatic nitrogens is 3. The molecule has 1 aliphatic heterocycles. The van der Waals surface area contributed by atoms with Crippen LogP contribution in [0.4, 0.5) is 14.6 Å². The highest BCUT2D eigenvalue weighted by Crippen LogP contribution is 2.50. The van der Waals surface area contributed by atoms with Gasteiger partial charge >= 0.3 is 5.97 Å². The fraction of sp³-hybridized carbons (Fsp3) is 0.429. The number of carboxylic acid groups (broad SMARTS) is 1. The summed E-state index contributed by atoms with van der Waals surface area (Å²) in [4.78, 5) is 24.9. The van der Waals surface area contributed by atoms with E-state index in [1.807, 2.05) is 6.92 Å². The molecule has 1 N–H and O–H groups in total. The summed E-state index contributed by atoms with van der Waals surface area (Å²) in [6.07, 6.45) is 5.75. The number of pyridine rings is 1. The van der Waals surface area contributed by atoms with Crippen molar-refractivity contribution < 1.29 is 27.1 Å². The van der Waals surface area contributed by atoms with E-state index in [9.17, 15) is 22.7 Å². The zero-order valence-corrected chi connectivity index (χ0v) is 22.1. The third-order valence-electron chi connectivity index (χ3n) is 8.68. The molecule has 3 fully saturated rings. The molecule has 39 heavy (non-hydrogen) atoms. The van der Waals surface area contributed by atoms with Crippen molar-refractivity contribution in [2.75, 3.05) is 10.8 Å². The number of halogens is 2. The Kier molecular flexibility index (Phi) is 6.36. The smallest absolute Gasteiger partial charge is 0.307 e. The van der Waals surface area contributed by atoms with Gasteiger partial charge in [-0.2, -0.15) is 0 Å². The summed E-state index contributed by atoms with van der Waals surface area (Å²) < 4.78 is 57.6. The summed E-state index contributed by atoms with van der Waals surface area (Å²) in [6.45, 7) is 1.72. The molecule has 11 heteroatoms. The van der Waals surface area contributed by atoms with Gasteiger partial charge in [-0.25, -0.2) is 36.5 Å². The quantitative estimate of drug-likeness (QED) is 0.478. The standard InChI is InChI=1S/C28H28F2N4O4S/c1-15-2-8-19(9-3-15)39(37,38)34-14-22(21-10-18(29)12-32-27(21)34)26-31-13-23(30)24(33-26)11-20-16-4-6-17(7-5-16)25(20)28(35)36/h2-3,8-10,12-13,16-17,20,22,25H,4-7,11,14H2,1H3,(H,35,36)/t16?,17?,20-,22?,25-/m0/s1. The predicted molar refractivity (Wildman–Crippen MR) is 138 cm³/mol. The molecule has 8 nitrogen and oxygen atoms in total. The van der Waals surface area contributed by atoms with Gasteiger partial charge in [0.25, 0.3) is 10.0 Å². The zero-order valence-electron chi connectivity index (χ0n) is 21.3. The van der Waals surface area contributed by atoms with Gasteiger partial charge in [-0.15, -0.1) is 0 Å². The summed E-state index contributed by atoms with van der Waals surface area (Å²) in [5.41, 5.74) is 1.30. The van der Waals surface area contributed by atoms with E-state index in [0.29, 0.717) is 5.56 Å². The number of hydrogen-bond acceptors (Lipinski definition) is 6. The van der Waals surface area contributed by atoms with Crippen LogP contribution in [0.1, 0.15) is 54.2 Å². The van der Waals surface area contributed by atoms with Crippen LogP contribution in [0.2, 0.25) is 0 Å². The number of benzene rings is 1. The predicted octanol–water partition coefficient (Wildman–Crippen LogP) is 4.48. The zero-order chi connectivity index (χ0) is 27.5. The second-order valence-electron chi connectivity index (χ2n) is 10.9. The first kappa shape index (κ1) is 25.8. The van der Waals surface area contributed by atoms with Crippen LogP contribution < -0.4 is 4.31 Å². The van der Waals surface area contributed by atoms with Crippen LogP contribution in [-0.2, 0) is 21.2 Å². The van der Waals surface area contributed by atoms with E-state index in [-0.39, 0.29) is 53.0 Å². The van der Waals surface area contributed by atoms with Crippen LogP contribution >= 0.6 is 0 Å². The highest BCUT2D eigenvalue weighted by atomic mass is 32.2. The molecular formula is C28H28F2N4O4S. The van der Waals surface area contributed by atoms with E-state index < -0.39 is 39.5 Å². The monoisotopic (exact) mass is 554 g/mol. The van der Waals surface area contributed by atoms with Crippen LogP contribution in [-0.4, -0.2) is 41.0 Å². The number of nitrogens with zero attached hydrogens (tertiary/aromatic N) is 4. The molecule has 3 aliphatic carbocycles. The Balaban J connectivity index is 1.36. The van der Waals surface area contributed by atoms with Crippen molar-refractivity contribution in [2.24, 2.45) is 23.7 Å². The highest BCUT2D eigenvalue weighted by Gasteiger charge is 2.47. The number of fused-ring (bicyclic) bond motifs is 4. The molecule has 3 saturated carbocycles. The maximum Gasteiger partial charge on any atom is 0.307 e. The number of anilines is 1. The summed E-state index contributed by atoms with van der Waals surface area (Å²) in [5.74, 6) is -3.19. The molecule has 7 rings (SSSR count). The van der Waals surface area contributed by atoms with Crippen molar-refractivity contribution in [3.63, 3.8) is 0 Å². The molecule has 0 amide bonds. The van der Waals surface area contributed by atoms with E-state index in [1.54, 1.807) is 12.1 Å². The topological polar surface area (TPSA) is 113 Å². The van der Waals surface area contributed by atoms with Crippen molar-refractivity contribution >= 4 is 21.8 Å². The normalized spacial score (nSPS) is 26.0. The Bertz CT molecular complexity index is 1540. The summed E-state index contributed by atoms with van der Waals surface area (Å²) in [7, 11) is -4.03. The maximum absolute atomic E-state index is 15.0. The summed E-state index contributed by atoms with van der Waals surface area (Å²) in [5, 5.41) is 9.92. The molecule has 204 valence electrons. The Morgan fingerprint density at radius 3 is 2.44 bits per heavy atom. The molecule has 2 bridgehead atoms. The largest absolute Gasteiger partial charge is 0.481 e. The molecule has 3 heterocycles. The molecule has 0 radical (unpaired) electrons. The van der Waals surface area contributed by atoms with Crippen LogP contribution in [0.25, 0.3) is 0 Å². The van der Waals surface area contributed by atoms with E-state index in [0.717, 1.165) is 47.9 Å². The van der Waals surface area contributed by atoms with Crippen molar-refractivity contribution in [2.45, 2.75) is 49.8 Å². The molecule has 3 aromatic rings. The lowest BCUT2D eigenvalue weighted by Gasteiger charge is -2.46. The summed E-state index contributed by atoms with van der Waals surface area (Å²) >= 11 is 0. The number of aliphatic carboxylic acids is 1. The lowest BCUT2D eigenvalue weighted by molar-refractivity contribution is -0.152. The first-order valence-electron chi connectivity index (χ1n) is 13.1. The van der Waals surface area contributed by atoms with Crippen LogP contribution in [0, 0.1) is 42.2 Å². The lowest BCUT2D eigenvalue weighted by Crippen LogP contribution is -2.45. The van der Waals surface area contributed by atoms with Gasteiger partial charge in [0.2, 0.25) is 0 Å². The number of aryl methyl sites for hydroxylation is 1. The Labute approximate surface area is 225 Å². The number of carbonyl (C=O) groups is 1. The van der Waals surface area contributed by atoms with Gasteiger partial charge in [0.15, 0.2) is 5.82 Å². The number of sulfonamides is 1. The van der Waals surface area contributed by atoms with Crippen LogP contribution in [0.15, 0.2) is 47.6 Å². The first-order chi connectivity index (χ1) is 18.6. The van der Waals surface area contributed by atoms with Crippen LogP contribution in [0.3, 0.4) is 0 Å². The minimum absolute atomic E-state index is 0.0682. The molecule has 1 unspecified atom stereocenters. The third-order valence-corrected chi connectivity index (χ3v) is 10.5. The van der Waals surface area contributed by atoms with E-state index in [2.05, 4.69) is 15.0 Å². The van der Waals surface area contributed by atoms with Gasteiger partial charge in [-0.05, 0) is 75.0 Å². The molecule has 1 aromatic carbocycles. The number of carboxylic acids is 1. The van der Waals surface area contributed by atoms with E-state index >= 15 is 4.39 Å². The van der Waals surface area contributed by atoms with Crippen LogP contribution in [0.5, 0.6) is 0 Å². The SMILES string of the molecule is Cc1ccc(S(=O)(=O)N2CC(c3ncc(F)c(C[C@H]4C5CCC(CC5)[C@@H]4C(=O)O)n3)c3cc(F)cnc32)cc1. The van der Waals surface area contributed by atoms with Crippen molar-refractivity contribution in [3.8, 4) is 0 Å². The van der Waals surface area contributed by atoms with Crippen molar-refractivity contribution in [1.29, 1.82) is 0 Å². The lowest BCUT2D eigenvalue weighted by atomic mass is 9.57. The van der Waals surface area contributed by atoms with Gasteiger partial charge in [0.05, 0.1) is 41.4 Å². The average molecular weight is 555 g/mol. The van der Waals surface area contributed by atoms with Gasteiger partial charge in [-0.1, -0.05) is 17.7 Å². The van der Waals surface area contributed by atoms with E-state index in [1.165, 1.54) is 18.2 Å². The molecule has 0 spiro atoms. The number of rotatable bonds is 6. The van der Waals surface area contributed by atoms with Gasteiger partial charge in [0.1, 0.15) is 17.5 Å². The fourth-order valence-electron chi connectivity index (χ4n) is 6.74. The third kappa shape index (κ3) is 4.46. The van der Waals surface area contributed by atoms with Gasteiger partial charge in [0, 0.05) is 5.56 Å². The molecular weight excluding hydrogens is 526 g/mol. The highest BCUT2D eigenvalue weighted by molar-refractivity contribution is 7.92. The summed E-state index contributed by atoms with van der Waals surface area (Å²) in [6, 6.07) is 7.60. The van der Waals surface area contributed by atoms with Crippen molar-refractivity contribution in [3.05, 3.63) is 77.0 Å². The van der Waals surface area contributed by atoms with Gasteiger partial charge < -0.3 is 5.11 Å². The minimum atomic E-state index is -4.03. The molecule has 0 saturated heterocycles. The second kappa shape index (κ2) is 9.62. The van der Waals surface area contributed by atoms with Crippen molar-refractivity contribution in [1.82, 2.24) is 15.0 Å². The maximum atomic E-state index is 15.0.